The van der Waals surface area contributed by atoms with Gasteiger partial charge >= 0.3 is 6.18 Å². The quantitative estimate of drug-likeness (QED) is 0.368. The summed E-state index contributed by atoms with van der Waals surface area (Å²) in [5.74, 6) is -4.77. The van der Waals surface area contributed by atoms with E-state index in [2.05, 4.69) is 0 Å². The van der Waals surface area contributed by atoms with E-state index in [9.17, 15) is 31.5 Å². The molecule has 2 nitrogen and oxygen atoms in total. The van der Waals surface area contributed by atoms with Gasteiger partial charge in [-0.1, -0.05) is 0 Å². The van der Waals surface area contributed by atoms with Gasteiger partial charge in [0.05, 0.1) is 20.7 Å². The Morgan fingerprint density at radius 1 is 1.04 bits per heavy atom. The standard InChI is InChI=1S/C14H5F5O2S2/c15-10-5-1-2-22-12(5)11(16)6-3-8(23-13(6)10)7(20)4-9(21)14(17,18)19/h1-3H,4H2. The summed E-state index contributed by atoms with van der Waals surface area (Å²) in [4.78, 5) is 22.3. The molecule has 23 heavy (non-hydrogen) atoms. The SMILES string of the molecule is O=C(CC(=O)C(F)(F)F)c1cc2c(F)c3sccc3c(F)c2s1. The zero-order valence-corrected chi connectivity index (χ0v) is 12.6. The Morgan fingerprint density at radius 3 is 2.35 bits per heavy atom. The van der Waals surface area contributed by atoms with Gasteiger partial charge in [-0.05, 0) is 17.5 Å². The van der Waals surface area contributed by atoms with E-state index < -0.39 is 35.8 Å². The molecule has 3 rings (SSSR count). The summed E-state index contributed by atoms with van der Waals surface area (Å²) in [6, 6.07) is 2.37. The smallest absolute Gasteiger partial charge is 0.293 e. The molecule has 0 N–H and O–H groups in total. The molecule has 0 fully saturated rings. The molecule has 120 valence electrons. The molecule has 2 aromatic heterocycles. The maximum absolute atomic E-state index is 14.3. The summed E-state index contributed by atoms with van der Waals surface area (Å²) in [6.07, 6.45) is -6.50. The van der Waals surface area contributed by atoms with Crippen molar-refractivity contribution in [1.29, 1.82) is 0 Å². The fourth-order valence-electron chi connectivity index (χ4n) is 2.08. The second-order valence-corrected chi connectivity index (χ2v) is 6.63. The number of fused-ring (bicyclic) bond motifs is 2. The van der Waals surface area contributed by atoms with Crippen LogP contribution in [-0.4, -0.2) is 17.7 Å². The molecule has 0 unspecified atom stereocenters. The average Bonchev–Trinajstić information content (AvgIpc) is 3.11. The first-order chi connectivity index (χ1) is 10.7. The number of carbonyl (C=O) groups excluding carboxylic acids is 2. The molecular weight excluding hydrogens is 359 g/mol. The molecule has 0 aliphatic rings. The van der Waals surface area contributed by atoms with Gasteiger partial charge in [0, 0.05) is 10.8 Å². The lowest BCUT2D eigenvalue weighted by molar-refractivity contribution is -0.170. The van der Waals surface area contributed by atoms with Crippen LogP contribution in [0.5, 0.6) is 0 Å². The van der Waals surface area contributed by atoms with E-state index in [1.54, 1.807) is 0 Å². The van der Waals surface area contributed by atoms with Crippen molar-refractivity contribution in [3.05, 3.63) is 34.0 Å². The van der Waals surface area contributed by atoms with Gasteiger partial charge in [-0.15, -0.1) is 22.7 Å². The predicted octanol–water partition coefficient (Wildman–Crippen LogP) is 5.10. The third kappa shape index (κ3) is 2.63. The van der Waals surface area contributed by atoms with Crippen molar-refractivity contribution in [2.75, 3.05) is 0 Å². The maximum atomic E-state index is 14.3. The highest BCUT2D eigenvalue weighted by Gasteiger charge is 2.39. The number of hydrogen-bond donors (Lipinski definition) is 0. The third-order valence-corrected chi connectivity index (χ3v) is 5.26. The predicted molar refractivity (Wildman–Crippen MR) is 77.1 cm³/mol. The zero-order chi connectivity index (χ0) is 16.9. The summed E-state index contributed by atoms with van der Waals surface area (Å²) in [5, 5.41) is 1.38. The molecule has 0 spiro atoms. The van der Waals surface area contributed by atoms with Gasteiger partial charge in [-0.3, -0.25) is 9.59 Å². The highest BCUT2D eigenvalue weighted by Crippen LogP contribution is 2.38. The van der Waals surface area contributed by atoms with Crippen LogP contribution < -0.4 is 0 Å². The van der Waals surface area contributed by atoms with Crippen molar-refractivity contribution in [2.24, 2.45) is 0 Å². The lowest BCUT2D eigenvalue weighted by atomic mass is 10.1. The number of ketones is 2. The van der Waals surface area contributed by atoms with Gasteiger partial charge in [0.2, 0.25) is 5.78 Å². The Hall–Kier alpha value is -1.87. The molecule has 0 bridgehead atoms. The fourth-order valence-corrected chi connectivity index (χ4v) is 3.96. The number of alkyl halides is 3. The first-order valence-electron chi connectivity index (χ1n) is 6.11. The van der Waals surface area contributed by atoms with E-state index in [-0.39, 0.29) is 25.0 Å². The number of halogens is 5. The number of rotatable bonds is 3. The van der Waals surface area contributed by atoms with Gasteiger partial charge in [-0.2, -0.15) is 13.2 Å². The van der Waals surface area contributed by atoms with Crippen molar-refractivity contribution in [3.8, 4) is 0 Å². The number of thiophene rings is 2. The van der Waals surface area contributed by atoms with Crippen LogP contribution >= 0.6 is 22.7 Å². The summed E-state index contributed by atoms with van der Waals surface area (Å²) >= 11 is 1.51. The van der Waals surface area contributed by atoms with Crippen LogP contribution in [0, 0.1) is 11.6 Å². The lowest BCUT2D eigenvalue weighted by Crippen LogP contribution is -2.25. The van der Waals surface area contributed by atoms with E-state index in [1.165, 1.54) is 11.4 Å². The van der Waals surface area contributed by atoms with Crippen LogP contribution in [0.4, 0.5) is 22.0 Å². The van der Waals surface area contributed by atoms with Crippen LogP contribution in [-0.2, 0) is 4.79 Å². The van der Waals surface area contributed by atoms with Crippen LogP contribution in [0.25, 0.3) is 20.2 Å². The van der Waals surface area contributed by atoms with E-state index in [0.717, 1.165) is 17.4 Å². The first-order valence-corrected chi connectivity index (χ1v) is 7.80. The minimum atomic E-state index is -5.12. The van der Waals surface area contributed by atoms with Gasteiger partial charge in [0.15, 0.2) is 5.78 Å². The topological polar surface area (TPSA) is 34.1 Å². The monoisotopic (exact) mass is 364 g/mol. The zero-order valence-electron chi connectivity index (χ0n) is 11.0. The Kier molecular flexibility index (Phi) is 3.72. The summed E-state index contributed by atoms with van der Waals surface area (Å²) in [5.41, 5.74) is 0. The average molecular weight is 364 g/mol. The van der Waals surface area contributed by atoms with Gasteiger partial charge < -0.3 is 0 Å². The summed E-state index contributed by atoms with van der Waals surface area (Å²) < 4.78 is 65.1. The van der Waals surface area contributed by atoms with Gasteiger partial charge in [0.1, 0.15) is 11.6 Å². The molecule has 0 aliphatic carbocycles. The first kappa shape index (κ1) is 16.0. The van der Waals surface area contributed by atoms with Crippen molar-refractivity contribution in [2.45, 2.75) is 12.6 Å². The number of hydrogen-bond acceptors (Lipinski definition) is 4. The molecule has 1 aromatic carbocycles. The minimum Gasteiger partial charge on any atom is -0.293 e. The van der Waals surface area contributed by atoms with Gasteiger partial charge in [0.25, 0.3) is 0 Å². The fraction of sp³-hybridized carbons (Fsp3) is 0.143. The molecule has 3 aromatic rings. The molecule has 0 aliphatic heterocycles. The Bertz CT molecular complexity index is 898. The Balaban J connectivity index is 2.07. The molecule has 0 amide bonds. The lowest BCUT2D eigenvalue weighted by Gasteiger charge is -2.02. The van der Waals surface area contributed by atoms with E-state index in [1.807, 2.05) is 0 Å². The third-order valence-electron chi connectivity index (χ3n) is 3.18. The Morgan fingerprint density at radius 2 is 1.70 bits per heavy atom. The number of carbonyl (C=O) groups is 2. The Labute approximate surface area is 133 Å². The van der Waals surface area contributed by atoms with E-state index in [4.69, 9.17) is 0 Å². The molecule has 0 atom stereocenters. The highest BCUT2D eigenvalue weighted by atomic mass is 32.1. The van der Waals surface area contributed by atoms with Gasteiger partial charge in [-0.25, -0.2) is 8.78 Å². The largest absolute Gasteiger partial charge is 0.450 e. The highest BCUT2D eigenvalue weighted by molar-refractivity contribution is 7.21. The number of Topliss-reactive ketones (excluding diaryl/α,β-unsaturated/α-hetero) is 2. The van der Waals surface area contributed by atoms with E-state index in [0.29, 0.717) is 11.3 Å². The van der Waals surface area contributed by atoms with Crippen LogP contribution in [0.1, 0.15) is 16.1 Å². The molecular formula is C14H5F5O2S2. The number of benzene rings is 1. The van der Waals surface area contributed by atoms with E-state index >= 15 is 0 Å². The normalized spacial score (nSPS) is 12.2. The molecule has 0 saturated heterocycles. The molecule has 9 heteroatoms. The molecule has 0 radical (unpaired) electrons. The molecule has 0 saturated carbocycles. The summed E-state index contributed by atoms with van der Waals surface area (Å²) in [6.45, 7) is 0. The second kappa shape index (κ2) is 5.34. The van der Waals surface area contributed by atoms with Crippen molar-refractivity contribution >= 4 is 54.4 Å². The van der Waals surface area contributed by atoms with Crippen molar-refractivity contribution in [1.82, 2.24) is 0 Å². The minimum absolute atomic E-state index is 0.0483. The molecule has 2 heterocycles. The van der Waals surface area contributed by atoms with Crippen molar-refractivity contribution < 1.29 is 31.5 Å². The maximum Gasteiger partial charge on any atom is 0.450 e. The van der Waals surface area contributed by atoms with Crippen LogP contribution in [0.3, 0.4) is 0 Å². The van der Waals surface area contributed by atoms with Crippen molar-refractivity contribution in [3.63, 3.8) is 0 Å². The summed E-state index contributed by atoms with van der Waals surface area (Å²) in [7, 11) is 0. The van der Waals surface area contributed by atoms with Crippen LogP contribution in [0.15, 0.2) is 17.5 Å². The van der Waals surface area contributed by atoms with Crippen LogP contribution in [0.2, 0.25) is 0 Å². The second-order valence-electron chi connectivity index (χ2n) is 4.67.